The van der Waals surface area contributed by atoms with Gasteiger partial charge in [0.15, 0.2) is 11.5 Å². The lowest BCUT2D eigenvalue weighted by Crippen LogP contribution is -2.02. The number of carbonyl (C=O) groups excluding carboxylic acids is 1. The van der Waals surface area contributed by atoms with Crippen molar-refractivity contribution in [3.63, 3.8) is 0 Å². The quantitative estimate of drug-likeness (QED) is 0.230. The topological polar surface area (TPSA) is 73.9 Å². The number of nitrogens with zero attached hydrogens (tertiary/aromatic N) is 2. The van der Waals surface area contributed by atoms with Gasteiger partial charge >= 0.3 is 5.97 Å². The van der Waals surface area contributed by atoms with Crippen LogP contribution in [0.4, 0.5) is 0 Å². The molecule has 0 unspecified atom stereocenters. The third-order valence-corrected chi connectivity index (χ3v) is 4.54. The van der Waals surface area contributed by atoms with E-state index >= 15 is 0 Å². The summed E-state index contributed by atoms with van der Waals surface area (Å²) in [7, 11) is 0. The third kappa shape index (κ3) is 5.25. The van der Waals surface area contributed by atoms with E-state index in [1.54, 1.807) is 0 Å². The highest BCUT2D eigenvalue weighted by molar-refractivity contribution is 5.89. The van der Waals surface area contributed by atoms with Crippen LogP contribution in [0.25, 0.3) is 11.3 Å². The number of rotatable bonds is 7. The smallest absolute Gasteiger partial charge is 0.387 e. The van der Waals surface area contributed by atoms with Gasteiger partial charge < -0.3 is 14.1 Å². The van der Waals surface area contributed by atoms with E-state index in [2.05, 4.69) is 10.3 Å². The molecular weight excluding hydrogens is 392 g/mol. The highest BCUT2D eigenvalue weighted by atomic mass is 16.7. The minimum atomic E-state index is -0.707. The van der Waals surface area contributed by atoms with Crippen molar-refractivity contribution >= 4 is 12.2 Å². The van der Waals surface area contributed by atoms with Gasteiger partial charge in [0.05, 0.1) is 6.21 Å². The van der Waals surface area contributed by atoms with E-state index in [1.165, 1.54) is 12.3 Å². The van der Waals surface area contributed by atoms with Crippen LogP contribution in [0, 0.1) is 6.92 Å². The number of carbonyl (C=O) groups is 1. The first-order valence-corrected chi connectivity index (χ1v) is 9.73. The zero-order valence-electron chi connectivity index (χ0n) is 16.9. The molecule has 0 bridgehead atoms. The summed E-state index contributed by atoms with van der Waals surface area (Å²) in [6.07, 6.45) is 1.43. The van der Waals surface area contributed by atoms with Crippen molar-refractivity contribution in [2.24, 2.45) is 5.16 Å². The Morgan fingerprint density at radius 3 is 2.55 bits per heavy atom. The third-order valence-electron chi connectivity index (χ3n) is 4.54. The first kappa shape index (κ1) is 20.1. The molecule has 1 heterocycles. The van der Waals surface area contributed by atoms with Gasteiger partial charge in [0.1, 0.15) is 12.4 Å². The van der Waals surface area contributed by atoms with E-state index in [-0.39, 0.29) is 5.69 Å². The minimum Gasteiger partial charge on any atom is -0.488 e. The fourth-order valence-corrected chi connectivity index (χ4v) is 2.86. The molecule has 6 nitrogen and oxygen atoms in total. The largest absolute Gasteiger partial charge is 0.488 e. The van der Waals surface area contributed by atoms with Gasteiger partial charge in [-0.05, 0) is 24.6 Å². The van der Waals surface area contributed by atoms with Gasteiger partial charge in [-0.25, -0.2) is 4.79 Å². The summed E-state index contributed by atoms with van der Waals surface area (Å²) in [5.41, 5.74) is 3.74. The second-order valence-electron chi connectivity index (χ2n) is 6.87. The lowest BCUT2D eigenvalue weighted by Gasteiger charge is -2.08. The Labute approximate surface area is 179 Å². The Hall–Kier alpha value is -4.19. The molecule has 0 saturated carbocycles. The molecule has 0 radical (unpaired) electrons. The molecule has 0 amide bonds. The van der Waals surface area contributed by atoms with Crippen molar-refractivity contribution < 1.29 is 18.9 Å². The molecule has 0 aliphatic rings. The number of aryl methyl sites for hydroxylation is 1. The number of benzene rings is 3. The van der Waals surface area contributed by atoms with Crippen LogP contribution in [0.5, 0.6) is 5.75 Å². The van der Waals surface area contributed by atoms with Crippen molar-refractivity contribution in [1.29, 1.82) is 0 Å². The number of aromatic nitrogens is 1. The molecular formula is C25H20N2O4. The Morgan fingerprint density at radius 2 is 1.74 bits per heavy atom. The molecule has 0 aliphatic carbocycles. The van der Waals surface area contributed by atoms with Crippen LogP contribution in [-0.4, -0.2) is 17.3 Å². The molecule has 4 aromatic rings. The number of hydrogen-bond donors (Lipinski definition) is 0. The SMILES string of the molecule is Cc1ccc(-c2cc(C(=O)O/N=C/c3ccccc3OCc3ccccc3)no2)cc1. The summed E-state index contributed by atoms with van der Waals surface area (Å²) in [6.45, 7) is 2.42. The fraction of sp³-hybridized carbons (Fsp3) is 0.0800. The van der Waals surface area contributed by atoms with Crippen LogP contribution in [0.3, 0.4) is 0 Å². The normalized spacial score (nSPS) is 10.9. The number of ether oxygens (including phenoxy) is 1. The average Bonchev–Trinajstić information content (AvgIpc) is 3.30. The lowest BCUT2D eigenvalue weighted by atomic mass is 10.1. The first-order valence-electron chi connectivity index (χ1n) is 9.73. The van der Waals surface area contributed by atoms with E-state index < -0.39 is 5.97 Å². The molecule has 4 rings (SSSR count). The fourth-order valence-electron chi connectivity index (χ4n) is 2.86. The summed E-state index contributed by atoms with van der Waals surface area (Å²) in [5.74, 6) is 0.408. The predicted molar refractivity (Wildman–Crippen MR) is 117 cm³/mol. The molecule has 0 spiro atoms. The molecule has 1 aromatic heterocycles. The summed E-state index contributed by atoms with van der Waals surface area (Å²) in [6, 6.07) is 26.5. The Bertz CT molecular complexity index is 1180. The number of para-hydroxylation sites is 1. The Kier molecular flexibility index (Phi) is 6.18. The van der Waals surface area contributed by atoms with E-state index in [0.29, 0.717) is 23.7 Å². The number of hydrogen-bond acceptors (Lipinski definition) is 6. The maximum absolute atomic E-state index is 12.2. The van der Waals surface area contributed by atoms with E-state index in [0.717, 1.165) is 16.7 Å². The standard InChI is InChI=1S/C25H20N2O4/c1-18-11-13-20(14-12-18)24-15-22(27-30-24)25(28)31-26-16-21-9-5-6-10-23(21)29-17-19-7-3-2-4-8-19/h2-16H,17H2,1H3/b26-16+. The van der Waals surface area contributed by atoms with Crippen molar-refractivity contribution in [1.82, 2.24) is 5.16 Å². The molecule has 6 heteroatoms. The zero-order valence-corrected chi connectivity index (χ0v) is 16.9. The van der Waals surface area contributed by atoms with Gasteiger partial charge in [0.2, 0.25) is 0 Å². The second kappa shape index (κ2) is 9.54. The van der Waals surface area contributed by atoms with Crippen LogP contribution in [0.1, 0.15) is 27.2 Å². The van der Waals surface area contributed by atoms with Gasteiger partial charge in [-0.15, -0.1) is 0 Å². The summed E-state index contributed by atoms with van der Waals surface area (Å²) in [5, 5.41) is 7.56. The molecule has 3 aromatic carbocycles. The highest BCUT2D eigenvalue weighted by Crippen LogP contribution is 2.21. The Balaban J connectivity index is 1.39. The second-order valence-corrected chi connectivity index (χ2v) is 6.87. The van der Waals surface area contributed by atoms with Crippen molar-refractivity contribution in [2.45, 2.75) is 13.5 Å². The monoisotopic (exact) mass is 412 g/mol. The molecule has 154 valence electrons. The maximum atomic E-state index is 12.2. The van der Waals surface area contributed by atoms with Crippen LogP contribution in [0.2, 0.25) is 0 Å². The average molecular weight is 412 g/mol. The predicted octanol–water partition coefficient (Wildman–Crippen LogP) is 5.42. The molecule has 31 heavy (non-hydrogen) atoms. The van der Waals surface area contributed by atoms with Gasteiger partial charge in [0, 0.05) is 17.2 Å². The van der Waals surface area contributed by atoms with Crippen molar-refractivity contribution in [3.8, 4) is 17.1 Å². The summed E-state index contributed by atoms with van der Waals surface area (Å²) in [4.78, 5) is 17.2. The molecule has 0 N–H and O–H groups in total. The van der Waals surface area contributed by atoms with Crippen LogP contribution in [0.15, 0.2) is 94.6 Å². The van der Waals surface area contributed by atoms with Gasteiger partial charge in [0.25, 0.3) is 0 Å². The number of oxime groups is 1. The van der Waals surface area contributed by atoms with E-state index in [1.807, 2.05) is 85.8 Å². The van der Waals surface area contributed by atoms with Gasteiger partial charge in [-0.3, -0.25) is 0 Å². The van der Waals surface area contributed by atoms with Crippen molar-refractivity contribution in [2.75, 3.05) is 0 Å². The van der Waals surface area contributed by atoms with Crippen LogP contribution < -0.4 is 4.74 Å². The summed E-state index contributed by atoms with van der Waals surface area (Å²) >= 11 is 0. The van der Waals surface area contributed by atoms with Crippen molar-refractivity contribution in [3.05, 3.63) is 107 Å². The maximum Gasteiger partial charge on any atom is 0.387 e. The van der Waals surface area contributed by atoms with E-state index in [9.17, 15) is 4.79 Å². The Morgan fingerprint density at radius 1 is 1.00 bits per heavy atom. The highest BCUT2D eigenvalue weighted by Gasteiger charge is 2.15. The molecule has 0 aliphatic heterocycles. The van der Waals surface area contributed by atoms with Gasteiger partial charge in [-0.2, -0.15) is 0 Å². The molecule has 0 atom stereocenters. The summed E-state index contributed by atoms with van der Waals surface area (Å²) < 4.78 is 11.1. The molecule has 0 saturated heterocycles. The zero-order chi connectivity index (χ0) is 21.5. The van der Waals surface area contributed by atoms with Gasteiger partial charge in [-0.1, -0.05) is 82.6 Å². The minimum absolute atomic E-state index is 0.0429. The lowest BCUT2D eigenvalue weighted by molar-refractivity contribution is 0.0507. The van der Waals surface area contributed by atoms with E-state index in [4.69, 9.17) is 14.1 Å². The first-order chi connectivity index (χ1) is 15.2. The molecule has 0 fully saturated rings. The van der Waals surface area contributed by atoms with Crippen LogP contribution >= 0.6 is 0 Å². The van der Waals surface area contributed by atoms with Crippen LogP contribution in [-0.2, 0) is 11.4 Å².